The van der Waals surface area contributed by atoms with Crippen LogP contribution in [0.2, 0.25) is 0 Å². The fourth-order valence-electron chi connectivity index (χ4n) is 1.75. The van der Waals surface area contributed by atoms with Gasteiger partial charge in [0.15, 0.2) is 5.82 Å². The second-order valence-corrected chi connectivity index (χ2v) is 4.57. The van der Waals surface area contributed by atoms with E-state index in [-0.39, 0.29) is 0 Å². The molecule has 16 heavy (non-hydrogen) atoms. The Bertz CT molecular complexity index is 295. The quantitative estimate of drug-likeness (QED) is 0.748. The summed E-state index contributed by atoms with van der Waals surface area (Å²) in [4.78, 5) is 4.29. The van der Waals surface area contributed by atoms with Crippen LogP contribution in [0.15, 0.2) is 0 Å². The predicted molar refractivity (Wildman–Crippen MR) is 66.1 cm³/mol. The summed E-state index contributed by atoms with van der Waals surface area (Å²) in [6.45, 7) is 9.47. The Morgan fingerprint density at radius 3 is 2.56 bits per heavy atom. The van der Waals surface area contributed by atoms with Crippen molar-refractivity contribution in [2.45, 2.75) is 59.5 Å². The van der Waals surface area contributed by atoms with Crippen LogP contribution in [0.3, 0.4) is 0 Å². The van der Waals surface area contributed by atoms with Gasteiger partial charge < -0.3 is 5.32 Å². The van der Waals surface area contributed by atoms with Gasteiger partial charge in [-0.3, -0.25) is 5.10 Å². The van der Waals surface area contributed by atoms with Gasteiger partial charge >= 0.3 is 0 Å². The highest BCUT2D eigenvalue weighted by molar-refractivity contribution is 4.87. The van der Waals surface area contributed by atoms with E-state index < -0.39 is 0 Å². The zero-order valence-electron chi connectivity index (χ0n) is 10.9. The second-order valence-electron chi connectivity index (χ2n) is 4.57. The molecule has 2 atom stereocenters. The molecule has 1 aromatic rings. The number of aromatic amines is 1. The molecule has 2 unspecified atom stereocenters. The first kappa shape index (κ1) is 13.2. The summed E-state index contributed by atoms with van der Waals surface area (Å²) < 4.78 is 0. The average Bonchev–Trinajstić information content (AvgIpc) is 2.69. The highest BCUT2D eigenvalue weighted by Crippen LogP contribution is 2.12. The minimum absolute atomic E-state index is 0.578. The third-order valence-electron chi connectivity index (χ3n) is 3.07. The number of H-pyrrole nitrogens is 1. The Hall–Kier alpha value is -0.900. The van der Waals surface area contributed by atoms with Crippen LogP contribution >= 0.6 is 0 Å². The Kier molecular flexibility index (Phi) is 5.46. The molecule has 0 radical (unpaired) electrons. The van der Waals surface area contributed by atoms with E-state index >= 15 is 0 Å². The maximum Gasteiger partial charge on any atom is 0.164 e. The number of aryl methyl sites for hydroxylation is 1. The van der Waals surface area contributed by atoms with Crippen molar-refractivity contribution in [2.24, 2.45) is 5.92 Å². The predicted octanol–water partition coefficient (Wildman–Crippen LogP) is 2.42. The standard InChI is InChI=1S/C12H24N4/c1-5-9(3)7-11(6-2)13-8-12-14-10(4)15-16-12/h9,11,13H,5-8H2,1-4H3,(H,14,15,16). The molecule has 0 aliphatic heterocycles. The van der Waals surface area contributed by atoms with E-state index in [0.717, 1.165) is 30.5 Å². The summed E-state index contributed by atoms with van der Waals surface area (Å²) in [5.41, 5.74) is 0. The van der Waals surface area contributed by atoms with Gasteiger partial charge in [-0.15, -0.1) is 0 Å². The van der Waals surface area contributed by atoms with Crippen molar-refractivity contribution in [1.82, 2.24) is 20.5 Å². The van der Waals surface area contributed by atoms with Gasteiger partial charge in [0.25, 0.3) is 0 Å². The molecular weight excluding hydrogens is 200 g/mol. The first-order valence-electron chi connectivity index (χ1n) is 6.26. The molecule has 2 N–H and O–H groups in total. The van der Waals surface area contributed by atoms with Crippen molar-refractivity contribution >= 4 is 0 Å². The number of rotatable bonds is 7. The molecule has 0 aromatic carbocycles. The Morgan fingerprint density at radius 1 is 1.31 bits per heavy atom. The van der Waals surface area contributed by atoms with Crippen molar-refractivity contribution in [2.75, 3.05) is 0 Å². The monoisotopic (exact) mass is 224 g/mol. The molecule has 0 bridgehead atoms. The Labute approximate surface area is 98.2 Å². The molecule has 4 nitrogen and oxygen atoms in total. The summed E-state index contributed by atoms with van der Waals surface area (Å²) in [6.07, 6.45) is 3.64. The molecule has 0 saturated carbocycles. The molecule has 0 saturated heterocycles. The SMILES string of the molecule is CCC(C)CC(CC)NCc1n[nH]c(C)n1. The minimum Gasteiger partial charge on any atom is -0.307 e. The number of aromatic nitrogens is 3. The number of hydrogen-bond donors (Lipinski definition) is 2. The van der Waals surface area contributed by atoms with Crippen molar-refractivity contribution in [1.29, 1.82) is 0 Å². The lowest BCUT2D eigenvalue weighted by Crippen LogP contribution is -2.30. The lowest BCUT2D eigenvalue weighted by molar-refractivity contribution is 0.381. The van der Waals surface area contributed by atoms with Crippen LogP contribution in [0.4, 0.5) is 0 Å². The van der Waals surface area contributed by atoms with E-state index in [4.69, 9.17) is 0 Å². The van der Waals surface area contributed by atoms with Crippen LogP contribution in [-0.4, -0.2) is 21.2 Å². The third-order valence-corrected chi connectivity index (χ3v) is 3.07. The molecule has 1 aromatic heterocycles. The summed E-state index contributed by atoms with van der Waals surface area (Å²) in [6, 6.07) is 0.578. The summed E-state index contributed by atoms with van der Waals surface area (Å²) >= 11 is 0. The fraction of sp³-hybridized carbons (Fsp3) is 0.833. The maximum absolute atomic E-state index is 4.29. The number of nitrogens with zero attached hydrogens (tertiary/aromatic N) is 2. The van der Waals surface area contributed by atoms with Gasteiger partial charge in [0.05, 0.1) is 6.54 Å². The van der Waals surface area contributed by atoms with Gasteiger partial charge in [0, 0.05) is 6.04 Å². The normalized spacial score (nSPS) is 15.0. The molecule has 0 fully saturated rings. The Balaban J connectivity index is 2.33. The first-order valence-corrected chi connectivity index (χ1v) is 6.26. The van der Waals surface area contributed by atoms with Gasteiger partial charge in [0.2, 0.25) is 0 Å². The zero-order valence-corrected chi connectivity index (χ0v) is 10.9. The van der Waals surface area contributed by atoms with E-state index in [2.05, 4.69) is 41.3 Å². The van der Waals surface area contributed by atoms with Crippen LogP contribution < -0.4 is 5.32 Å². The Morgan fingerprint density at radius 2 is 2.06 bits per heavy atom. The van der Waals surface area contributed by atoms with Crippen molar-refractivity contribution < 1.29 is 0 Å². The first-order chi connectivity index (χ1) is 7.65. The summed E-state index contributed by atoms with van der Waals surface area (Å²) in [5, 5.41) is 10.5. The topological polar surface area (TPSA) is 53.6 Å². The lowest BCUT2D eigenvalue weighted by Gasteiger charge is -2.19. The van der Waals surface area contributed by atoms with Gasteiger partial charge in [-0.25, -0.2) is 4.98 Å². The molecule has 0 aliphatic rings. The molecule has 4 heteroatoms. The molecule has 0 aliphatic carbocycles. The molecule has 0 amide bonds. The van der Waals surface area contributed by atoms with E-state index in [9.17, 15) is 0 Å². The molecule has 0 spiro atoms. The zero-order chi connectivity index (χ0) is 12.0. The van der Waals surface area contributed by atoms with Gasteiger partial charge in [-0.1, -0.05) is 27.2 Å². The van der Waals surface area contributed by atoms with Gasteiger partial charge in [-0.05, 0) is 25.7 Å². The molecule has 1 rings (SSSR count). The van der Waals surface area contributed by atoms with Crippen LogP contribution in [-0.2, 0) is 6.54 Å². The van der Waals surface area contributed by atoms with Crippen molar-refractivity contribution in [3.63, 3.8) is 0 Å². The van der Waals surface area contributed by atoms with Gasteiger partial charge in [-0.2, -0.15) is 5.10 Å². The van der Waals surface area contributed by atoms with Crippen LogP contribution in [0.1, 0.15) is 51.7 Å². The van der Waals surface area contributed by atoms with Crippen molar-refractivity contribution in [3.8, 4) is 0 Å². The third kappa shape index (κ3) is 4.31. The summed E-state index contributed by atoms with van der Waals surface area (Å²) in [5.74, 6) is 2.53. The summed E-state index contributed by atoms with van der Waals surface area (Å²) in [7, 11) is 0. The lowest BCUT2D eigenvalue weighted by atomic mass is 9.98. The maximum atomic E-state index is 4.29. The fourth-order valence-corrected chi connectivity index (χ4v) is 1.75. The largest absolute Gasteiger partial charge is 0.307 e. The van der Waals surface area contributed by atoms with E-state index in [1.54, 1.807) is 0 Å². The molecule has 92 valence electrons. The van der Waals surface area contributed by atoms with Crippen LogP contribution in [0.5, 0.6) is 0 Å². The van der Waals surface area contributed by atoms with E-state index in [1.807, 2.05) is 6.92 Å². The second kappa shape index (κ2) is 6.63. The van der Waals surface area contributed by atoms with Gasteiger partial charge in [0.1, 0.15) is 5.82 Å². The van der Waals surface area contributed by atoms with Crippen molar-refractivity contribution in [3.05, 3.63) is 11.6 Å². The highest BCUT2D eigenvalue weighted by Gasteiger charge is 2.10. The van der Waals surface area contributed by atoms with Crippen LogP contribution in [0, 0.1) is 12.8 Å². The molecule has 1 heterocycles. The van der Waals surface area contributed by atoms with E-state index in [1.165, 1.54) is 12.8 Å². The minimum atomic E-state index is 0.578. The van der Waals surface area contributed by atoms with E-state index in [0.29, 0.717) is 6.04 Å². The van der Waals surface area contributed by atoms with Crippen LogP contribution in [0.25, 0.3) is 0 Å². The smallest absolute Gasteiger partial charge is 0.164 e. The average molecular weight is 224 g/mol. The molecular formula is C12H24N4. The number of hydrogen-bond acceptors (Lipinski definition) is 3. The number of nitrogens with one attached hydrogen (secondary N) is 2. The highest BCUT2D eigenvalue weighted by atomic mass is 15.2.